The van der Waals surface area contributed by atoms with E-state index in [4.69, 9.17) is 0 Å². The Morgan fingerprint density at radius 1 is 1.14 bits per heavy atom. The summed E-state index contributed by atoms with van der Waals surface area (Å²) in [6.07, 6.45) is 5.07. The monoisotopic (exact) mass is 259 g/mol. The summed E-state index contributed by atoms with van der Waals surface area (Å²) in [5.41, 5.74) is 0.807. The third-order valence-corrected chi connectivity index (χ3v) is 6.84. The fourth-order valence-electron chi connectivity index (χ4n) is 1.55. The predicted octanol–water partition coefficient (Wildman–Crippen LogP) is 3.99. The summed E-state index contributed by atoms with van der Waals surface area (Å²) in [6, 6.07) is 0. The van der Waals surface area contributed by atoms with Crippen molar-refractivity contribution < 1.29 is 0 Å². The molecule has 14 heavy (non-hydrogen) atoms. The molecule has 0 saturated carbocycles. The van der Waals surface area contributed by atoms with Crippen LogP contribution in [0.25, 0.3) is 0 Å². The maximum absolute atomic E-state index is 2.48. The van der Waals surface area contributed by atoms with Crippen molar-refractivity contribution in [1.29, 1.82) is 0 Å². The Morgan fingerprint density at radius 3 is 2.14 bits per heavy atom. The zero-order chi connectivity index (χ0) is 11.0. The van der Waals surface area contributed by atoms with Crippen molar-refractivity contribution in [2.75, 3.05) is 0 Å². The molecule has 0 bridgehead atoms. The third-order valence-electron chi connectivity index (χ3n) is 2.51. The van der Waals surface area contributed by atoms with Crippen molar-refractivity contribution in [2.24, 2.45) is 10.8 Å². The van der Waals surface area contributed by atoms with Crippen LogP contribution in [0.3, 0.4) is 0 Å². The third kappa shape index (κ3) is 3.07. The summed E-state index contributed by atoms with van der Waals surface area (Å²) < 4.78 is 1.70. The average molecular weight is 258 g/mol. The van der Waals surface area contributed by atoms with E-state index in [2.05, 4.69) is 47.6 Å². The van der Waals surface area contributed by atoms with Crippen LogP contribution in [-0.2, 0) is 0 Å². The van der Waals surface area contributed by atoms with E-state index in [1.165, 1.54) is 12.8 Å². The Labute approximate surface area is 95.7 Å². The summed E-state index contributed by atoms with van der Waals surface area (Å²) in [5.74, 6) is 0. The molecule has 1 aliphatic rings. The van der Waals surface area contributed by atoms with E-state index in [0.29, 0.717) is 25.8 Å². The summed E-state index contributed by atoms with van der Waals surface area (Å²) in [4.78, 5) is 1.79. The van der Waals surface area contributed by atoms with Crippen molar-refractivity contribution in [2.45, 2.75) is 54.4 Å². The van der Waals surface area contributed by atoms with Crippen LogP contribution in [0.2, 0.25) is 0 Å². The molecular formula is C13H23Se+. The molecule has 0 nitrogen and oxygen atoms in total. The molecule has 1 rings (SSSR count). The maximum atomic E-state index is 2.48. The molecule has 1 heteroatoms. The summed E-state index contributed by atoms with van der Waals surface area (Å²) >= 11 is 0.634. The molecule has 0 aromatic rings. The van der Waals surface area contributed by atoms with E-state index in [0.717, 1.165) is 0 Å². The molecule has 0 radical (unpaired) electrons. The van der Waals surface area contributed by atoms with Crippen LogP contribution in [0.15, 0.2) is 10.5 Å². The van der Waals surface area contributed by atoms with E-state index < -0.39 is 0 Å². The molecule has 1 heterocycles. The Balaban J connectivity index is 2.73. The van der Waals surface area contributed by atoms with Crippen LogP contribution in [0.5, 0.6) is 0 Å². The molecule has 0 aromatic heterocycles. The van der Waals surface area contributed by atoms with Crippen LogP contribution < -0.4 is 0 Å². The van der Waals surface area contributed by atoms with Gasteiger partial charge in [0.05, 0.1) is 0 Å². The molecule has 0 atom stereocenters. The van der Waals surface area contributed by atoms with Gasteiger partial charge in [0.1, 0.15) is 0 Å². The molecule has 80 valence electrons. The van der Waals surface area contributed by atoms with Crippen LogP contribution in [-0.4, -0.2) is 15.0 Å². The molecular weight excluding hydrogens is 235 g/mol. The fourth-order valence-corrected chi connectivity index (χ4v) is 4.27. The van der Waals surface area contributed by atoms with Gasteiger partial charge in [0.2, 0.25) is 0 Å². The zero-order valence-electron chi connectivity index (χ0n) is 10.4. The number of hydrogen-bond donors (Lipinski definition) is 0. The van der Waals surface area contributed by atoms with Gasteiger partial charge in [-0.3, -0.25) is 0 Å². The first-order chi connectivity index (χ1) is 6.21. The van der Waals surface area contributed by atoms with Crippen molar-refractivity contribution in [3.05, 3.63) is 15.4 Å². The quantitative estimate of drug-likeness (QED) is 0.455. The van der Waals surface area contributed by atoms with Gasteiger partial charge in [-0.15, -0.1) is 0 Å². The molecule has 0 aliphatic carbocycles. The van der Waals surface area contributed by atoms with Gasteiger partial charge in [0, 0.05) is 0 Å². The molecule has 1 aliphatic heterocycles. The van der Waals surface area contributed by atoms with E-state index in [-0.39, 0.29) is 0 Å². The Hall–Kier alpha value is 0.129. The van der Waals surface area contributed by atoms with E-state index in [1.54, 1.807) is 9.29 Å². The van der Waals surface area contributed by atoms with Gasteiger partial charge < -0.3 is 0 Å². The van der Waals surface area contributed by atoms with Gasteiger partial charge in [0.25, 0.3) is 0 Å². The van der Waals surface area contributed by atoms with Crippen molar-refractivity contribution >= 4 is 15.0 Å². The minimum absolute atomic E-state index is 0.386. The van der Waals surface area contributed by atoms with Crippen molar-refractivity contribution in [1.82, 2.24) is 0 Å². The molecule has 0 spiro atoms. The molecule has 0 saturated heterocycles. The van der Waals surface area contributed by atoms with Gasteiger partial charge in [-0.05, 0) is 0 Å². The SMILES string of the molecule is CC(C)(C)C1=CCC[C+](C(C)(C)C)[Se]1. The molecule has 0 amide bonds. The number of hydrogen-bond acceptors (Lipinski definition) is 0. The second kappa shape index (κ2) is 3.94. The van der Waals surface area contributed by atoms with E-state index >= 15 is 0 Å². The van der Waals surface area contributed by atoms with Gasteiger partial charge in [0.15, 0.2) is 0 Å². The van der Waals surface area contributed by atoms with Crippen molar-refractivity contribution in [3.8, 4) is 0 Å². The van der Waals surface area contributed by atoms with Gasteiger partial charge in [-0.25, -0.2) is 0 Å². The Kier molecular flexibility index (Phi) is 3.44. The summed E-state index contributed by atoms with van der Waals surface area (Å²) in [5, 5.41) is 0. The molecule has 0 aromatic carbocycles. The summed E-state index contributed by atoms with van der Waals surface area (Å²) in [6.45, 7) is 14.1. The van der Waals surface area contributed by atoms with Gasteiger partial charge in [-0.2, -0.15) is 0 Å². The standard InChI is InChI=1S/C13H23Se/c1-12(2,3)10-8-7-9-11(14-10)13(4,5)6/h8H,7,9H2,1-6H3/q+1. The summed E-state index contributed by atoms with van der Waals surface area (Å²) in [7, 11) is 0. The topological polar surface area (TPSA) is 0 Å². The molecule has 0 unspecified atom stereocenters. The van der Waals surface area contributed by atoms with Gasteiger partial charge >= 0.3 is 95.5 Å². The van der Waals surface area contributed by atoms with Crippen LogP contribution in [0, 0.1) is 15.6 Å². The average Bonchev–Trinajstić information content (AvgIpc) is 2.01. The first kappa shape index (κ1) is 12.2. The van der Waals surface area contributed by atoms with E-state index in [1.807, 2.05) is 0 Å². The minimum atomic E-state index is 0.386. The normalized spacial score (nSPS) is 19.6. The second-order valence-electron chi connectivity index (χ2n) is 6.13. The number of rotatable bonds is 0. The Bertz CT molecular complexity index is 225. The van der Waals surface area contributed by atoms with Crippen LogP contribution in [0.1, 0.15) is 54.4 Å². The second-order valence-corrected chi connectivity index (χ2v) is 8.52. The molecule has 0 fully saturated rings. The van der Waals surface area contributed by atoms with Gasteiger partial charge in [-0.1, -0.05) is 0 Å². The van der Waals surface area contributed by atoms with E-state index in [9.17, 15) is 0 Å². The first-order valence-electron chi connectivity index (χ1n) is 5.46. The predicted molar refractivity (Wildman–Crippen MR) is 65.2 cm³/mol. The first-order valence-corrected chi connectivity index (χ1v) is 7.17. The number of allylic oxidation sites excluding steroid dienone is 2. The zero-order valence-corrected chi connectivity index (χ0v) is 12.1. The van der Waals surface area contributed by atoms with Crippen LogP contribution >= 0.6 is 0 Å². The Morgan fingerprint density at radius 2 is 1.71 bits per heavy atom. The fraction of sp³-hybridized carbons (Fsp3) is 0.769. The molecule has 0 N–H and O–H groups in total. The van der Waals surface area contributed by atoms with Crippen LogP contribution in [0.4, 0.5) is 0 Å². The van der Waals surface area contributed by atoms with Crippen molar-refractivity contribution in [3.63, 3.8) is 0 Å².